The molecule has 33 heavy (non-hydrogen) atoms. The lowest BCUT2D eigenvalue weighted by Crippen LogP contribution is -2.40. The lowest BCUT2D eigenvalue weighted by atomic mass is 9.78. The van der Waals surface area contributed by atoms with Gasteiger partial charge in [0, 0.05) is 32.1 Å². The molecule has 1 aromatic rings. The lowest BCUT2D eigenvalue weighted by molar-refractivity contribution is -0.138. The molecule has 2 aliphatic heterocycles. The highest BCUT2D eigenvalue weighted by Crippen LogP contribution is 2.35. The number of likely N-dealkylation sites (tertiary alicyclic amines) is 1. The molecule has 1 amide bonds. The van der Waals surface area contributed by atoms with E-state index in [1.54, 1.807) is 0 Å². The second-order valence-corrected chi connectivity index (χ2v) is 10.3. The Labute approximate surface area is 194 Å². The molecule has 0 aromatic carbocycles. The highest BCUT2D eigenvalue weighted by Gasteiger charge is 2.45. The van der Waals surface area contributed by atoms with Crippen molar-refractivity contribution in [1.29, 1.82) is 0 Å². The van der Waals surface area contributed by atoms with Crippen LogP contribution in [0.4, 0.5) is 19.1 Å². The van der Waals surface area contributed by atoms with Crippen LogP contribution in [0.3, 0.4) is 0 Å². The van der Waals surface area contributed by atoms with Crippen molar-refractivity contribution in [1.82, 2.24) is 14.9 Å². The number of nitrogens with zero attached hydrogens (tertiary/aromatic N) is 4. The Hall–Kier alpha value is -1.90. The van der Waals surface area contributed by atoms with Crippen molar-refractivity contribution in [3.8, 4) is 0 Å². The number of aromatic nitrogens is 2. The average Bonchev–Trinajstić information content (AvgIpc) is 3.33. The van der Waals surface area contributed by atoms with Crippen LogP contribution in [0.15, 0.2) is 12.4 Å². The van der Waals surface area contributed by atoms with Gasteiger partial charge in [-0.3, -0.25) is 4.79 Å². The molecule has 0 N–H and O–H groups in total. The molecule has 3 rings (SSSR count). The number of unbranched alkanes of at least 4 members (excludes halogenated alkanes) is 1. The lowest BCUT2D eigenvalue weighted by Gasteiger charge is -2.30. The fourth-order valence-electron chi connectivity index (χ4n) is 4.91. The number of amides is 1. The molecular weight excluding hydrogens is 433 g/mol. The zero-order chi connectivity index (χ0) is 24.2. The first kappa shape index (κ1) is 25.7. The van der Waals surface area contributed by atoms with Gasteiger partial charge in [-0.05, 0) is 30.6 Å². The smallest absolute Gasteiger partial charge is 0.381 e. The van der Waals surface area contributed by atoms with Crippen molar-refractivity contribution in [3.63, 3.8) is 0 Å². The predicted molar refractivity (Wildman–Crippen MR) is 121 cm³/mol. The number of alkyl halides is 3. The van der Waals surface area contributed by atoms with Gasteiger partial charge in [0.25, 0.3) is 0 Å². The van der Waals surface area contributed by atoms with Gasteiger partial charge in [0.2, 0.25) is 11.9 Å². The van der Waals surface area contributed by atoms with E-state index in [2.05, 4.69) is 37.7 Å². The molecule has 6 nitrogen and oxygen atoms in total. The normalized spacial score (nSPS) is 22.0. The van der Waals surface area contributed by atoms with Crippen molar-refractivity contribution in [2.45, 2.75) is 84.5 Å². The molecule has 3 heterocycles. The molecule has 3 atom stereocenters. The Morgan fingerprint density at radius 1 is 1.15 bits per heavy atom. The van der Waals surface area contributed by atoms with Crippen LogP contribution in [0, 0.1) is 11.3 Å². The third kappa shape index (κ3) is 6.37. The monoisotopic (exact) mass is 470 g/mol. The molecule has 0 aliphatic carbocycles. The highest BCUT2D eigenvalue weighted by molar-refractivity contribution is 5.77. The van der Waals surface area contributed by atoms with Gasteiger partial charge in [0.1, 0.15) is 0 Å². The van der Waals surface area contributed by atoms with Crippen LogP contribution in [0.5, 0.6) is 0 Å². The maximum Gasteiger partial charge on any atom is 0.419 e. The summed E-state index contributed by atoms with van der Waals surface area (Å²) < 4.78 is 44.3. The quantitative estimate of drug-likeness (QED) is 0.479. The van der Waals surface area contributed by atoms with Gasteiger partial charge >= 0.3 is 6.18 Å². The Balaban J connectivity index is 1.49. The molecule has 2 aliphatic rings. The summed E-state index contributed by atoms with van der Waals surface area (Å²) in [6.07, 6.45) is 2.57. The minimum Gasteiger partial charge on any atom is -0.381 e. The van der Waals surface area contributed by atoms with E-state index >= 15 is 0 Å². The van der Waals surface area contributed by atoms with Gasteiger partial charge in [-0.2, -0.15) is 13.2 Å². The summed E-state index contributed by atoms with van der Waals surface area (Å²) in [5.74, 6) is 0.850. The van der Waals surface area contributed by atoms with Crippen molar-refractivity contribution in [3.05, 3.63) is 18.0 Å². The molecule has 0 radical (unpaired) electrons. The Bertz CT molecular complexity index is 779. The van der Waals surface area contributed by atoms with Crippen molar-refractivity contribution < 1.29 is 22.7 Å². The Morgan fingerprint density at radius 3 is 2.42 bits per heavy atom. The van der Waals surface area contributed by atoms with Crippen LogP contribution in [0.25, 0.3) is 0 Å². The summed E-state index contributed by atoms with van der Waals surface area (Å²) in [6.45, 7) is 11.3. The standard InChI is InChI=1S/C24H37F3N4O2/c1-5-6-7-17(23(2,3)4)16-33-13-10-21(32)30-11-8-20-19(30)9-12-31(20)22-28-14-18(15-29-22)24(25,26)27/h14-15,17,19-20H,5-13,16H2,1-4H3/t17?,19-,20-/m1/s1. The van der Waals surface area contributed by atoms with E-state index in [4.69, 9.17) is 4.74 Å². The fraction of sp³-hybridized carbons (Fsp3) is 0.792. The zero-order valence-electron chi connectivity index (χ0n) is 20.2. The topological polar surface area (TPSA) is 58.6 Å². The molecule has 0 saturated carbocycles. The number of hydrogen-bond donors (Lipinski definition) is 0. The van der Waals surface area contributed by atoms with Crippen molar-refractivity contribution >= 4 is 11.9 Å². The molecular formula is C24H37F3N4O2. The number of hydrogen-bond acceptors (Lipinski definition) is 5. The highest BCUT2D eigenvalue weighted by atomic mass is 19.4. The maximum atomic E-state index is 12.9. The number of rotatable bonds is 9. The van der Waals surface area contributed by atoms with Crippen LogP contribution in [0.1, 0.15) is 71.8 Å². The molecule has 1 unspecified atom stereocenters. The van der Waals surface area contributed by atoms with Crippen LogP contribution in [0.2, 0.25) is 0 Å². The molecule has 9 heteroatoms. The first-order chi connectivity index (χ1) is 15.5. The van der Waals surface area contributed by atoms with E-state index in [0.29, 0.717) is 44.6 Å². The van der Waals surface area contributed by atoms with E-state index < -0.39 is 11.7 Å². The average molecular weight is 471 g/mol. The summed E-state index contributed by atoms with van der Waals surface area (Å²) in [4.78, 5) is 24.6. The fourth-order valence-corrected chi connectivity index (χ4v) is 4.91. The van der Waals surface area contributed by atoms with E-state index in [-0.39, 0.29) is 23.4 Å². The first-order valence-corrected chi connectivity index (χ1v) is 12.1. The van der Waals surface area contributed by atoms with Gasteiger partial charge in [0.15, 0.2) is 0 Å². The predicted octanol–water partition coefficient (Wildman–Crippen LogP) is 4.93. The van der Waals surface area contributed by atoms with Crippen molar-refractivity contribution in [2.24, 2.45) is 11.3 Å². The van der Waals surface area contributed by atoms with Crippen LogP contribution < -0.4 is 4.90 Å². The molecule has 2 fully saturated rings. The molecule has 0 spiro atoms. The molecule has 186 valence electrons. The summed E-state index contributed by atoms with van der Waals surface area (Å²) in [7, 11) is 0. The van der Waals surface area contributed by atoms with E-state index in [1.165, 1.54) is 6.42 Å². The number of anilines is 1. The minimum absolute atomic E-state index is 0.0471. The molecule has 2 saturated heterocycles. The van der Waals surface area contributed by atoms with E-state index in [0.717, 1.165) is 38.1 Å². The zero-order valence-corrected chi connectivity index (χ0v) is 20.2. The SMILES string of the molecule is CCCCC(COCCC(=O)N1CC[C@@H]2[C@H]1CCN2c1ncc(C(F)(F)F)cn1)C(C)(C)C. The largest absolute Gasteiger partial charge is 0.419 e. The van der Waals surface area contributed by atoms with Crippen LogP contribution >= 0.6 is 0 Å². The summed E-state index contributed by atoms with van der Waals surface area (Å²) in [5.41, 5.74) is -0.678. The summed E-state index contributed by atoms with van der Waals surface area (Å²) in [6, 6.07) is 0.0983. The summed E-state index contributed by atoms with van der Waals surface area (Å²) in [5, 5.41) is 0. The number of halogens is 3. The Kier molecular flexibility index (Phi) is 8.24. The van der Waals surface area contributed by atoms with Gasteiger partial charge in [0.05, 0.1) is 30.7 Å². The molecule has 1 aromatic heterocycles. The maximum absolute atomic E-state index is 12.9. The number of ether oxygens (including phenoxy) is 1. The first-order valence-electron chi connectivity index (χ1n) is 12.1. The second-order valence-electron chi connectivity index (χ2n) is 10.3. The van der Waals surface area contributed by atoms with Crippen molar-refractivity contribution in [2.75, 3.05) is 31.2 Å². The van der Waals surface area contributed by atoms with Crippen LogP contribution in [-0.2, 0) is 15.7 Å². The second kappa shape index (κ2) is 10.6. The van der Waals surface area contributed by atoms with Gasteiger partial charge in [-0.15, -0.1) is 0 Å². The Morgan fingerprint density at radius 2 is 1.82 bits per heavy atom. The van der Waals surface area contributed by atoms with E-state index in [1.807, 2.05) is 9.80 Å². The molecule has 0 bridgehead atoms. The number of carbonyl (C=O) groups excluding carboxylic acids is 1. The third-order valence-electron chi connectivity index (χ3n) is 7.03. The summed E-state index contributed by atoms with van der Waals surface area (Å²) >= 11 is 0. The minimum atomic E-state index is -4.45. The van der Waals surface area contributed by atoms with Gasteiger partial charge < -0.3 is 14.5 Å². The van der Waals surface area contributed by atoms with Gasteiger partial charge in [-0.1, -0.05) is 40.5 Å². The van der Waals surface area contributed by atoms with Crippen LogP contribution in [-0.4, -0.2) is 59.2 Å². The number of carbonyl (C=O) groups is 1. The van der Waals surface area contributed by atoms with Gasteiger partial charge in [-0.25, -0.2) is 9.97 Å². The van der Waals surface area contributed by atoms with E-state index in [9.17, 15) is 18.0 Å². The number of fused-ring (bicyclic) bond motifs is 1. The third-order valence-corrected chi connectivity index (χ3v) is 7.03.